The summed E-state index contributed by atoms with van der Waals surface area (Å²) in [5.41, 5.74) is 1.12. The minimum absolute atomic E-state index is 0.0501. The van der Waals surface area contributed by atoms with Gasteiger partial charge in [-0.05, 0) is 44.7 Å². The van der Waals surface area contributed by atoms with Crippen LogP contribution in [0.2, 0.25) is 0 Å². The number of amides is 1. The summed E-state index contributed by atoms with van der Waals surface area (Å²) in [6.07, 6.45) is 8.61. The van der Waals surface area contributed by atoms with Gasteiger partial charge in [0.05, 0.1) is 29.2 Å². The van der Waals surface area contributed by atoms with Gasteiger partial charge in [-0.3, -0.25) is 4.79 Å². The molecule has 0 radical (unpaired) electrons. The maximum absolute atomic E-state index is 13.1. The topological polar surface area (TPSA) is 37.6 Å². The quantitative estimate of drug-likeness (QED) is 0.876. The van der Waals surface area contributed by atoms with Crippen LogP contribution in [0.3, 0.4) is 0 Å². The first kappa shape index (κ1) is 18.9. The van der Waals surface area contributed by atoms with Crippen molar-refractivity contribution < 1.29 is 9.69 Å². The van der Waals surface area contributed by atoms with E-state index < -0.39 is 0 Å². The van der Waals surface area contributed by atoms with E-state index in [4.69, 9.17) is 4.98 Å². The third-order valence-electron chi connectivity index (χ3n) is 6.67. The Morgan fingerprint density at radius 2 is 1.96 bits per heavy atom. The third-order valence-corrected chi connectivity index (χ3v) is 7.87. The van der Waals surface area contributed by atoms with Crippen LogP contribution in [0.25, 0.3) is 10.2 Å². The van der Waals surface area contributed by atoms with Gasteiger partial charge in [0, 0.05) is 13.1 Å². The number of nitrogens with zero attached hydrogens (tertiary/aromatic N) is 2. The van der Waals surface area contributed by atoms with Crippen molar-refractivity contribution in [3.8, 4) is 0 Å². The summed E-state index contributed by atoms with van der Waals surface area (Å²) in [6, 6.07) is 8.92. The number of nitrogens with one attached hydrogen (secondary N) is 1. The molecule has 0 spiro atoms. The van der Waals surface area contributed by atoms with Crippen LogP contribution < -0.4 is 4.90 Å². The standard InChI is InChI=1S/C22H31N3OS/c1-16(22(26)24(2)18-10-4-3-5-11-18)25-14-8-9-17(15-25)21-23-19-12-6-7-13-20(19)27-21/h6-7,12-13,16-18H,3-5,8-11,14-15H2,1-2H3/p+1/t16-,17-/m0/s1. The molecule has 2 heterocycles. The van der Waals surface area contributed by atoms with E-state index in [1.54, 1.807) is 0 Å². The highest BCUT2D eigenvalue weighted by Gasteiger charge is 2.35. The maximum atomic E-state index is 13.1. The highest BCUT2D eigenvalue weighted by atomic mass is 32.1. The number of para-hydroxylation sites is 1. The normalized spacial score (nSPS) is 25.4. The van der Waals surface area contributed by atoms with Crippen LogP contribution in [-0.2, 0) is 4.79 Å². The number of fused-ring (bicyclic) bond motifs is 1. The Labute approximate surface area is 166 Å². The fraction of sp³-hybridized carbons (Fsp3) is 0.636. The number of piperidine rings is 1. The molecule has 1 N–H and O–H groups in total. The SMILES string of the molecule is C[C@@H](C(=O)N(C)C1CCCCC1)[NH+]1CCC[C@H](c2nc3ccccc3s2)C1. The van der Waals surface area contributed by atoms with Crippen molar-refractivity contribution in [1.29, 1.82) is 0 Å². The Morgan fingerprint density at radius 3 is 2.74 bits per heavy atom. The van der Waals surface area contributed by atoms with Crippen LogP contribution in [0, 0.1) is 0 Å². The Kier molecular flexibility index (Phi) is 5.79. The minimum Gasteiger partial charge on any atom is -0.338 e. The second-order valence-electron chi connectivity index (χ2n) is 8.43. The average Bonchev–Trinajstić information content (AvgIpc) is 3.17. The lowest BCUT2D eigenvalue weighted by Crippen LogP contribution is -3.17. The molecular weight excluding hydrogens is 354 g/mol. The van der Waals surface area contributed by atoms with E-state index in [9.17, 15) is 4.79 Å². The number of quaternary nitrogens is 1. The van der Waals surface area contributed by atoms with E-state index in [-0.39, 0.29) is 6.04 Å². The van der Waals surface area contributed by atoms with Gasteiger partial charge in [-0.25, -0.2) is 4.98 Å². The summed E-state index contributed by atoms with van der Waals surface area (Å²) < 4.78 is 1.28. The molecule has 1 aromatic carbocycles. The summed E-state index contributed by atoms with van der Waals surface area (Å²) in [7, 11) is 2.03. The van der Waals surface area contributed by atoms with Gasteiger partial charge in [-0.1, -0.05) is 31.4 Å². The molecule has 146 valence electrons. The maximum Gasteiger partial charge on any atom is 0.280 e. The van der Waals surface area contributed by atoms with Gasteiger partial charge in [0.2, 0.25) is 0 Å². The number of aromatic nitrogens is 1. The zero-order chi connectivity index (χ0) is 18.8. The first-order chi connectivity index (χ1) is 13.1. The molecule has 2 fully saturated rings. The second kappa shape index (κ2) is 8.27. The minimum atomic E-state index is 0.0501. The molecule has 1 aromatic heterocycles. The lowest BCUT2D eigenvalue weighted by molar-refractivity contribution is -0.920. The molecule has 4 rings (SSSR count). The highest BCUT2D eigenvalue weighted by Crippen LogP contribution is 2.30. The number of hydrogen-bond acceptors (Lipinski definition) is 3. The van der Waals surface area contributed by atoms with Crippen molar-refractivity contribution in [3.63, 3.8) is 0 Å². The zero-order valence-corrected chi connectivity index (χ0v) is 17.4. The molecule has 27 heavy (non-hydrogen) atoms. The van der Waals surface area contributed by atoms with Crippen LogP contribution in [0.5, 0.6) is 0 Å². The lowest BCUT2D eigenvalue weighted by atomic mass is 9.93. The monoisotopic (exact) mass is 386 g/mol. The molecule has 5 heteroatoms. The fourth-order valence-electron chi connectivity index (χ4n) is 4.89. The number of thiazole rings is 1. The van der Waals surface area contributed by atoms with Crippen LogP contribution in [-0.4, -0.2) is 48.0 Å². The molecule has 1 aliphatic heterocycles. The predicted octanol–water partition coefficient (Wildman–Crippen LogP) is 3.24. The average molecular weight is 387 g/mol. The molecular formula is C22H32N3OS+. The van der Waals surface area contributed by atoms with Gasteiger partial charge in [0.15, 0.2) is 6.04 Å². The number of rotatable bonds is 4. The first-order valence-electron chi connectivity index (χ1n) is 10.6. The van der Waals surface area contributed by atoms with E-state index in [2.05, 4.69) is 36.1 Å². The predicted molar refractivity (Wildman–Crippen MR) is 111 cm³/mol. The summed E-state index contributed by atoms with van der Waals surface area (Å²) in [4.78, 5) is 21.5. The fourth-order valence-corrected chi connectivity index (χ4v) is 6.00. The van der Waals surface area contributed by atoms with E-state index in [1.165, 1.54) is 59.6 Å². The van der Waals surface area contributed by atoms with E-state index in [1.807, 2.05) is 18.4 Å². The molecule has 2 aromatic rings. The van der Waals surface area contributed by atoms with E-state index in [0.717, 1.165) is 18.6 Å². The second-order valence-corrected chi connectivity index (χ2v) is 9.50. The molecule has 1 saturated carbocycles. The summed E-state index contributed by atoms with van der Waals surface area (Å²) in [6.45, 7) is 4.27. The first-order valence-corrected chi connectivity index (χ1v) is 11.4. The highest BCUT2D eigenvalue weighted by molar-refractivity contribution is 7.18. The van der Waals surface area contributed by atoms with Crippen molar-refractivity contribution in [2.24, 2.45) is 0 Å². The number of carbonyl (C=O) groups excluding carboxylic acids is 1. The Bertz CT molecular complexity index is 750. The van der Waals surface area contributed by atoms with Crippen molar-refractivity contribution in [1.82, 2.24) is 9.88 Å². The molecule has 1 aliphatic carbocycles. The summed E-state index contributed by atoms with van der Waals surface area (Å²) in [5.74, 6) is 0.822. The number of benzene rings is 1. The molecule has 1 saturated heterocycles. The van der Waals surface area contributed by atoms with Gasteiger partial charge >= 0.3 is 0 Å². The molecule has 1 amide bonds. The number of hydrogen-bond donors (Lipinski definition) is 1. The van der Waals surface area contributed by atoms with Crippen molar-refractivity contribution in [2.45, 2.75) is 69.9 Å². The Morgan fingerprint density at radius 1 is 1.19 bits per heavy atom. The van der Waals surface area contributed by atoms with Crippen LogP contribution >= 0.6 is 11.3 Å². The van der Waals surface area contributed by atoms with Gasteiger partial charge in [0.1, 0.15) is 5.01 Å². The van der Waals surface area contributed by atoms with Gasteiger partial charge in [-0.15, -0.1) is 11.3 Å². The van der Waals surface area contributed by atoms with Crippen LogP contribution in [0.4, 0.5) is 0 Å². The Hall–Kier alpha value is -1.46. The summed E-state index contributed by atoms with van der Waals surface area (Å²) in [5, 5.41) is 1.26. The van der Waals surface area contributed by atoms with E-state index >= 15 is 0 Å². The largest absolute Gasteiger partial charge is 0.338 e. The van der Waals surface area contributed by atoms with Gasteiger partial charge < -0.3 is 9.80 Å². The van der Waals surface area contributed by atoms with Crippen molar-refractivity contribution in [2.75, 3.05) is 20.1 Å². The molecule has 2 aliphatic rings. The molecule has 1 unspecified atom stereocenters. The molecule has 4 nitrogen and oxygen atoms in total. The van der Waals surface area contributed by atoms with Crippen molar-refractivity contribution >= 4 is 27.5 Å². The smallest absolute Gasteiger partial charge is 0.280 e. The number of likely N-dealkylation sites (tertiary alicyclic amines) is 1. The third kappa shape index (κ3) is 4.04. The molecule has 0 bridgehead atoms. The lowest BCUT2D eigenvalue weighted by Gasteiger charge is -2.37. The molecule has 3 atom stereocenters. The number of likely N-dealkylation sites (N-methyl/N-ethyl adjacent to an activating group) is 1. The van der Waals surface area contributed by atoms with Crippen LogP contribution in [0.15, 0.2) is 24.3 Å². The number of carbonyl (C=O) groups is 1. The van der Waals surface area contributed by atoms with Crippen LogP contribution in [0.1, 0.15) is 62.8 Å². The van der Waals surface area contributed by atoms with Gasteiger partial charge in [-0.2, -0.15) is 0 Å². The zero-order valence-electron chi connectivity index (χ0n) is 16.6. The Balaban J connectivity index is 1.43. The summed E-state index contributed by atoms with van der Waals surface area (Å²) >= 11 is 1.84. The van der Waals surface area contributed by atoms with Crippen molar-refractivity contribution in [3.05, 3.63) is 29.3 Å². The van der Waals surface area contributed by atoms with Gasteiger partial charge in [0.25, 0.3) is 5.91 Å². The van der Waals surface area contributed by atoms with E-state index in [0.29, 0.717) is 17.9 Å².